The lowest BCUT2D eigenvalue weighted by Gasteiger charge is -2.42. The first kappa shape index (κ1) is 14.4. The van der Waals surface area contributed by atoms with Crippen molar-refractivity contribution in [2.45, 2.75) is 32.9 Å². The van der Waals surface area contributed by atoms with Gasteiger partial charge in [-0.1, -0.05) is 0 Å². The van der Waals surface area contributed by atoms with Crippen molar-refractivity contribution in [3.05, 3.63) is 16.1 Å². The van der Waals surface area contributed by atoms with Crippen LogP contribution in [0, 0.1) is 0 Å². The standard InChI is InChI=1S/C13H22N4OS/c1-13(2,3)17-6-4-16(5-7-17)12(18)10-9-19-11(8-14)15-10/h9H,4-8,14H2,1-3H3. The van der Waals surface area contributed by atoms with Gasteiger partial charge in [-0.05, 0) is 20.8 Å². The summed E-state index contributed by atoms with van der Waals surface area (Å²) in [7, 11) is 0. The Hall–Kier alpha value is -0.980. The summed E-state index contributed by atoms with van der Waals surface area (Å²) in [6.07, 6.45) is 0. The maximum absolute atomic E-state index is 12.3. The molecule has 19 heavy (non-hydrogen) atoms. The summed E-state index contributed by atoms with van der Waals surface area (Å²) >= 11 is 1.45. The Bertz CT molecular complexity index is 444. The molecule has 0 aromatic carbocycles. The van der Waals surface area contributed by atoms with Crippen molar-refractivity contribution >= 4 is 17.2 Å². The Morgan fingerprint density at radius 3 is 2.47 bits per heavy atom. The normalized spacial score (nSPS) is 17.8. The number of thiazole rings is 1. The van der Waals surface area contributed by atoms with E-state index in [4.69, 9.17) is 5.73 Å². The molecule has 1 saturated heterocycles. The van der Waals surface area contributed by atoms with Crippen LogP contribution in [0.4, 0.5) is 0 Å². The fourth-order valence-corrected chi connectivity index (χ4v) is 2.89. The van der Waals surface area contributed by atoms with Gasteiger partial charge in [0, 0.05) is 43.6 Å². The number of hydrogen-bond donors (Lipinski definition) is 1. The highest BCUT2D eigenvalue weighted by Crippen LogP contribution is 2.18. The van der Waals surface area contributed by atoms with Gasteiger partial charge in [0.2, 0.25) is 0 Å². The minimum atomic E-state index is 0.0320. The van der Waals surface area contributed by atoms with Crippen LogP contribution in [0.15, 0.2) is 5.38 Å². The van der Waals surface area contributed by atoms with Gasteiger partial charge in [-0.15, -0.1) is 11.3 Å². The molecule has 1 aromatic rings. The molecule has 0 radical (unpaired) electrons. The average Bonchev–Trinajstić information content (AvgIpc) is 2.86. The van der Waals surface area contributed by atoms with Crippen LogP contribution in [0.5, 0.6) is 0 Å². The number of amides is 1. The van der Waals surface area contributed by atoms with E-state index in [9.17, 15) is 4.79 Å². The Morgan fingerprint density at radius 2 is 2.00 bits per heavy atom. The van der Waals surface area contributed by atoms with E-state index in [2.05, 4.69) is 30.7 Å². The molecule has 0 aliphatic carbocycles. The van der Waals surface area contributed by atoms with Crippen LogP contribution in [0.25, 0.3) is 0 Å². The molecule has 1 amide bonds. The Balaban J connectivity index is 1.96. The molecular formula is C13H22N4OS. The van der Waals surface area contributed by atoms with E-state index in [0.29, 0.717) is 12.2 Å². The fraction of sp³-hybridized carbons (Fsp3) is 0.692. The number of nitrogens with two attached hydrogens (primary N) is 1. The maximum Gasteiger partial charge on any atom is 0.273 e. The summed E-state index contributed by atoms with van der Waals surface area (Å²) in [6.45, 7) is 10.4. The first-order valence-electron chi connectivity index (χ1n) is 6.60. The second-order valence-corrected chi connectivity index (χ2v) is 6.72. The van der Waals surface area contributed by atoms with Gasteiger partial charge in [-0.3, -0.25) is 9.69 Å². The quantitative estimate of drug-likeness (QED) is 0.884. The molecule has 2 N–H and O–H groups in total. The van der Waals surface area contributed by atoms with Gasteiger partial charge < -0.3 is 10.6 Å². The second kappa shape index (κ2) is 5.56. The Morgan fingerprint density at radius 1 is 1.37 bits per heavy atom. The molecule has 6 heteroatoms. The van der Waals surface area contributed by atoms with Crippen LogP contribution in [0.1, 0.15) is 36.3 Å². The molecule has 1 aliphatic rings. The molecule has 2 heterocycles. The van der Waals surface area contributed by atoms with Crippen molar-refractivity contribution in [1.82, 2.24) is 14.8 Å². The third-order valence-corrected chi connectivity index (χ3v) is 4.33. The molecule has 0 saturated carbocycles. The van der Waals surface area contributed by atoms with Crippen LogP contribution in [-0.2, 0) is 6.54 Å². The second-order valence-electron chi connectivity index (χ2n) is 5.78. The van der Waals surface area contributed by atoms with E-state index in [0.717, 1.165) is 31.2 Å². The van der Waals surface area contributed by atoms with Crippen molar-refractivity contribution < 1.29 is 4.79 Å². The Labute approximate surface area is 118 Å². The highest BCUT2D eigenvalue weighted by Gasteiger charge is 2.28. The summed E-state index contributed by atoms with van der Waals surface area (Å²) in [5.74, 6) is 0.0320. The van der Waals surface area contributed by atoms with Crippen LogP contribution in [0.2, 0.25) is 0 Å². The first-order chi connectivity index (χ1) is 8.91. The predicted octanol–water partition coefficient (Wildman–Crippen LogP) is 1.16. The van der Waals surface area contributed by atoms with Gasteiger partial charge in [-0.2, -0.15) is 0 Å². The minimum absolute atomic E-state index is 0.0320. The zero-order chi connectivity index (χ0) is 14.0. The van der Waals surface area contributed by atoms with Gasteiger partial charge in [0.05, 0.1) is 0 Å². The van der Waals surface area contributed by atoms with Gasteiger partial charge >= 0.3 is 0 Å². The highest BCUT2D eigenvalue weighted by atomic mass is 32.1. The lowest BCUT2D eigenvalue weighted by atomic mass is 10.0. The van der Waals surface area contributed by atoms with E-state index in [1.807, 2.05) is 4.90 Å². The molecule has 1 fully saturated rings. The number of aromatic nitrogens is 1. The number of nitrogens with zero attached hydrogens (tertiary/aromatic N) is 3. The number of rotatable bonds is 2. The lowest BCUT2D eigenvalue weighted by Crippen LogP contribution is -2.54. The molecule has 0 unspecified atom stereocenters. The average molecular weight is 282 g/mol. The van der Waals surface area contributed by atoms with Crippen molar-refractivity contribution in [2.24, 2.45) is 5.73 Å². The number of hydrogen-bond acceptors (Lipinski definition) is 5. The molecule has 0 spiro atoms. The molecule has 0 atom stereocenters. The van der Waals surface area contributed by atoms with Crippen molar-refractivity contribution in [1.29, 1.82) is 0 Å². The predicted molar refractivity (Wildman–Crippen MR) is 77.2 cm³/mol. The van der Waals surface area contributed by atoms with Gasteiger partial charge in [0.1, 0.15) is 10.7 Å². The number of carbonyl (C=O) groups is 1. The summed E-state index contributed by atoms with van der Waals surface area (Å²) < 4.78 is 0. The van der Waals surface area contributed by atoms with E-state index in [-0.39, 0.29) is 11.4 Å². The molecular weight excluding hydrogens is 260 g/mol. The SMILES string of the molecule is CC(C)(C)N1CCN(C(=O)c2csc(CN)n2)CC1. The zero-order valence-corrected chi connectivity index (χ0v) is 12.7. The molecule has 0 bridgehead atoms. The monoisotopic (exact) mass is 282 g/mol. The molecule has 1 aliphatic heterocycles. The smallest absolute Gasteiger partial charge is 0.273 e. The van der Waals surface area contributed by atoms with Crippen molar-refractivity contribution in [3.63, 3.8) is 0 Å². The summed E-state index contributed by atoms with van der Waals surface area (Å²) in [5, 5.41) is 2.62. The van der Waals surface area contributed by atoms with Gasteiger partial charge in [0.25, 0.3) is 5.91 Å². The summed E-state index contributed by atoms with van der Waals surface area (Å²) in [4.78, 5) is 20.8. The minimum Gasteiger partial charge on any atom is -0.335 e. The van der Waals surface area contributed by atoms with Gasteiger partial charge in [0.15, 0.2) is 0 Å². The number of piperazine rings is 1. The van der Waals surface area contributed by atoms with Crippen molar-refractivity contribution in [3.8, 4) is 0 Å². The van der Waals surface area contributed by atoms with E-state index in [1.165, 1.54) is 11.3 Å². The molecule has 106 valence electrons. The topological polar surface area (TPSA) is 62.5 Å². The van der Waals surface area contributed by atoms with Crippen LogP contribution in [0.3, 0.4) is 0 Å². The maximum atomic E-state index is 12.3. The molecule has 1 aromatic heterocycles. The molecule has 5 nitrogen and oxygen atoms in total. The van der Waals surface area contributed by atoms with Crippen molar-refractivity contribution in [2.75, 3.05) is 26.2 Å². The summed E-state index contributed by atoms with van der Waals surface area (Å²) in [6, 6.07) is 0. The first-order valence-corrected chi connectivity index (χ1v) is 7.48. The highest BCUT2D eigenvalue weighted by molar-refractivity contribution is 7.09. The van der Waals surface area contributed by atoms with Crippen LogP contribution in [-0.4, -0.2) is 52.4 Å². The van der Waals surface area contributed by atoms with Crippen LogP contribution < -0.4 is 5.73 Å². The fourth-order valence-electron chi connectivity index (χ4n) is 2.25. The van der Waals surface area contributed by atoms with Gasteiger partial charge in [-0.25, -0.2) is 4.98 Å². The van der Waals surface area contributed by atoms with E-state index in [1.54, 1.807) is 5.38 Å². The third-order valence-electron chi connectivity index (χ3n) is 3.46. The lowest BCUT2D eigenvalue weighted by molar-refractivity contribution is 0.0447. The summed E-state index contributed by atoms with van der Waals surface area (Å²) in [5.41, 5.74) is 6.23. The third kappa shape index (κ3) is 3.32. The zero-order valence-electron chi connectivity index (χ0n) is 11.8. The van der Waals surface area contributed by atoms with E-state index < -0.39 is 0 Å². The number of carbonyl (C=O) groups excluding carboxylic acids is 1. The molecule has 2 rings (SSSR count). The largest absolute Gasteiger partial charge is 0.335 e. The Kier molecular flexibility index (Phi) is 4.23. The van der Waals surface area contributed by atoms with E-state index >= 15 is 0 Å². The van der Waals surface area contributed by atoms with Crippen LogP contribution >= 0.6 is 11.3 Å².